The van der Waals surface area contributed by atoms with E-state index in [1.807, 2.05) is 13.8 Å². The molecule has 0 heterocycles. The van der Waals surface area contributed by atoms with E-state index in [4.69, 9.17) is 4.55 Å². The monoisotopic (exact) mass is 306 g/mol. The Labute approximate surface area is 135 Å². The first kappa shape index (κ1) is 18.3. The molecule has 0 aromatic heterocycles. The minimum atomic E-state index is 0.880. The second-order valence-corrected chi connectivity index (χ2v) is 6.09. The quantitative estimate of drug-likeness (QED) is 0.458. The molecule has 1 aliphatic rings. The Kier molecular flexibility index (Phi) is 9.53. The molecule has 0 aliphatic heterocycles. The first-order chi connectivity index (χ1) is 10.3. The minimum Gasteiger partial charge on any atom is -0.330 e. The SMILES string of the molecule is CC.Cc1ccc2c(c1)C(CCCCCCSO)=CCC2. The van der Waals surface area contributed by atoms with Crippen LogP contribution >= 0.6 is 12.0 Å². The van der Waals surface area contributed by atoms with Gasteiger partial charge in [0.05, 0.1) is 0 Å². The lowest BCUT2D eigenvalue weighted by Gasteiger charge is -2.18. The number of hydrogen-bond acceptors (Lipinski definition) is 2. The van der Waals surface area contributed by atoms with Crippen molar-refractivity contribution in [3.05, 3.63) is 41.0 Å². The molecule has 2 heteroatoms. The van der Waals surface area contributed by atoms with Crippen molar-refractivity contribution in [2.75, 3.05) is 5.75 Å². The lowest BCUT2D eigenvalue weighted by Crippen LogP contribution is -2.00. The predicted molar refractivity (Wildman–Crippen MR) is 97.0 cm³/mol. The topological polar surface area (TPSA) is 20.2 Å². The first-order valence-electron chi connectivity index (χ1n) is 8.36. The summed E-state index contributed by atoms with van der Waals surface area (Å²) in [5, 5.41) is 0. The number of benzene rings is 1. The van der Waals surface area contributed by atoms with Gasteiger partial charge < -0.3 is 4.55 Å². The Balaban J connectivity index is 0.00000106. The van der Waals surface area contributed by atoms with Crippen molar-refractivity contribution in [3.63, 3.8) is 0 Å². The van der Waals surface area contributed by atoms with Gasteiger partial charge in [0.15, 0.2) is 0 Å². The van der Waals surface area contributed by atoms with Crippen LogP contribution in [0.4, 0.5) is 0 Å². The Bertz CT molecular complexity index is 437. The van der Waals surface area contributed by atoms with Gasteiger partial charge in [0, 0.05) is 5.75 Å². The fourth-order valence-electron chi connectivity index (χ4n) is 2.79. The molecule has 1 aliphatic carbocycles. The van der Waals surface area contributed by atoms with Crippen molar-refractivity contribution in [2.24, 2.45) is 0 Å². The number of rotatable bonds is 7. The highest BCUT2D eigenvalue weighted by Crippen LogP contribution is 2.31. The van der Waals surface area contributed by atoms with Crippen molar-refractivity contribution in [3.8, 4) is 0 Å². The summed E-state index contributed by atoms with van der Waals surface area (Å²) in [7, 11) is 0. The Morgan fingerprint density at radius 3 is 2.62 bits per heavy atom. The van der Waals surface area contributed by atoms with Crippen molar-refractivity contribution < 1.29 is 4.55 Å². The van der Waals surface area contributed by atoms with Gasteiger partial charge in [-0.2, -0.15) is 0 Å². The predicted octanol–water partition coefficient (Wildman–Crippen LogP) is 6.51. The second-order valence-electron chi connectivity index (χ2n) is 5.43. The van der Waals surface area contributed by atoms with E-state index in [9.17, 15) is 0 Å². The summed E-state index contributed by atoms with van der Waals surface area (Å²) in [6.07, 6.45) is 11.0. The van der Waals surface area contributed by atoms with Crippen molar-refractivity contribution >= 4 is 17.6 Å². The van der Waals surface area contributed by atoms with E-state index in [-0.39, 0.29) is 0 Å². The maximum atomic E-state index is 8.67. The molecule has 2 rings (SSSR count). The molecule has 1 N–H and O–H groups in total. The third-order valence-electron chi connectivity index (χ3n) is 3.85. The van der Waals surface area contributed by atoms with Crippen LogP contribution in [0.5, 0.6) is 0 Å². The second kappa shape index (κ2) is 10.9. The van der Waals surface area contributed by atoms with Gasteiger partial charge in [-0.25, -0.2) is 0 Å². The van der Waals surface area contributed by atoms with Crippen LogP contribution in [-0.4, -0.2) is 10.3 Å². The maximum absolute atomic E-state index is 8.67. The fourth-order valence-corrected chi connectivity index (χ4v) is 3.12. The van der Waals surface area contributed by atoms with Crippen molar-refractivity contribution in [1.29, 1.82) is 0 Å². The molecule has 1 aromatic rings. The zero-order chi connectivity index (χ0) is 15.5. The van der Waals surface area contributed by atoms with E-state index < -0.39 is 0 Å². The van der Waals surface area contributed by atoms with Crippen LogP contribution in [0.25, 0.3) is 5.57 Å². The summed E-state index contributed by atoms with van der Waals surface area (Å²) < 4.78 is 8.67. The normalized spacial score (nSPS) is 13.0. The van der Waals surface area contributed by atoms with E-state index >= 15 is 0 Å². The lowest BCUT2D eigenvalue weighted by atomic mass is 9.87. The fraction of sp³-hybridized carbons (Fsp3) is 0.579. The molecule has 21 heavy (non-hydrogen) atoms. The summed E-state index contributed by atoms with van der Waals surface area (Å²) >= 11 is 0.969. The third kappa shape index (κ3) is 6.27. The summed E-state index contributed by atoms with van der Waals surface area (Å²) in [6, 6.07) is 6.88. The van der Waals surface area contributed by atoms with Gasteiger partial charge in [0.2, 0.25) is 0 Å². The largest absolute Gasteiger partial charge is 0.330 e. The Morgan fingerprint density at radius 1 is 1.10 bits per heavy atom. The summed E-state index contributed by atoms with van der Waals surface area (Å²) in [4.78, 5) is 0. The molecular weight excluding hydrogens is 276 g/mol. The zero-order valence-electron chi connectivity index (χ0n) is 13.8. The lowest BCUT2D eigenvalue weighted by molar-refractivity contribution is 0.645. The summed E-state index contributed by atoms with van der Waals surface area (Å²) in [5.41, 5.74) is 5.95. The van der Waals surface area contributed by atoms with Crippen molar-refractivity contribution in [2.45, 2.75) is 65.7 Å². The van der Waals surface area contributed by atoms with Crippen LogP contribution in [0, 0.1) is 6.92 Å². The molecule has 0 bridgehead atoms. The smallest absolute Gasteiger partial charge is 0.0195 e. The number of aryl methyl sites for hydroxylation is 2. The van der Waals surface area contributed by atoms with Crippen LogP contribution in [0.3, 0.4) is 0 Å². The molecule has 0 spiro atoms. The molecule has 0 radical (unpaired) electrons. The van der Waals surface area contributed by atoms with Gasteiger partial charge in [-0.1, -0.05) is 56.5 Å². The summed E-state index contributed by atoms with van der Waals surface area (Å²) in [6.45, 7) is 6.18. The number of fused-ring (bicyclic) bond motifs is 1. The van der Waals surface area contributed by atoms with Gasteiger partial charge in [-0.05, 0) is 67.8 Å². The van der Waals surface area contributed by atoms with Gasteiger partial charge in [-0.3, -0.25) is 0 Å². The molecular formula is C19H30OS. The number of unbranched alkanes of at least 4 members (excludes halogenated alkanes) is 3. The molecule has 0 atom stereocenters. The van der Waals surface area contributed by atoms with Crippen LogP contribution < -0.4 is 0 Å². The molecule has 1 nitrogen and oxygen atoms in total. The van der Waals surface area contributed by atoms with Gasteiger partial charge in [0.25, 0.3) is 0 Å². The molecule has 1 aromatic carbocycles. The van der Waals surface area contributed by atoms with Gasteiger partial charge >= 0.3 is 0 Å². The molecule has 0 fully saturated rings. The van der Waals surface area contributed by atoms with E-state index in [1.165, 1.54) is 55.2 Å². The molecule has 0 saturated heterocycles. The van der Waals surface area contributed by atoms with E-state index in [1.54, 1.807) is 5.57 Å². The molecule has 0 unspecified atom stereocenters. The van der Waals surface area contributed by atoms with E-state index in [2.05, 4.69) is 31.2 Å². The Morgan fingerprint density at radius 2 is 1.86 bits per heavy atom. The minimum absolute atomic E-state index is 0.880. The van der Waals surface area contributed by atoms with Crippen LogP contribution in [0.2, 0.25) is 0 Å². The highest BCUT2D eigenvalue weighted by atomic mass is 32.2. The van der Waals surface area contributed by atoms with E-state index in [0.29, 0.717) is 0 Å². The van der Waals surface area contributed by atoms with Crippen LogP contribution in [-0.2, 0) is 6.42 Å². The van der Waals surface area contributed by atoms with Gasteiger partial charge in [0.1, 0.15) is 0 Å². The zero-order valence-corrected chi connectivity index (χ0v) is 14.6. The average Bonchev–Trinajstić information content (AvgIpc) is 2.53. The highest BCUT2D eigenvalue weighted by molar-refractivity contribution is 7.93. The average molecular weight is 307 g/mol. The summed E-state index contributed by atoms with van der Waals surface area (Å²) in [5.74, 6) is 0.880. The standard InChI is InChI=1S/C17H24OS.C2H6/c1-14-10-11-16-9-6-8-15(17(16)13-14)7-4-2-3-5-12-19-18;1-2/h8,10-11,13,18H,2-7,9,12H2,1H3;1-2H3. The van der Waals surface area contributed by atoms with Gasteiger partial charge in [-0.15, -0.1) is 0 Å². The number of hydrogen-bond donors (Lipinski definition) is 1. The molecule has 0 amide bonds. The third-order valence-corrected chi connectivity index (χ3v) is 4.32. The van der Waals surface area contributed by atoms with Crippen LogP contribution in [0.15, 0.2) is 24.3 Å². The molecule has 0 saturated carbocycles. The first-order valence-corrected chi connectivity index (χ1v) is 9.31. The highest BCUT2D eigenvalue weighted by Gasteiger charge is 2.12. The number of allylic oxidation sites excluding steroid dienone is 2. The molecule has 118 valence electrons. The van der Waals surface area contributed by atoms with Crippen molar-refractivity contribution in [1.82, 2.24) is 0 Å². The maximum Gasteiger partial charge on any atom is 0.0195 e. The van der Waals surface area contributed by atoms with E-state index in [0.717, 1.165) is 24.2 Å². The Hall–Kier alpha value is -0.730. The van der Waals surface area contributed by atoms with Crippen LogP contribution in [0.1, 0.15) is 69.1 Å².